The summed E-state index contributed by atoms with van der Waals surface area (Å²) in [5, 5.41) is 0. The van der Waals surface area contributed by atoms with Crippen molar-refractivity contribution in [3.63, 3.8) is 0 Å². The average molecular weight is 222 g/mol. The van der Waals surface area contributed by atoms with E-state index in [1.165, 1.54) is 0 Å². The Kier molecular flexibility index (Phi) is 2.71. The van der Waals surface area contributed by atoms with Gasteiger partial charge in [0.25, 0.3) is 0 Å². The van der Waals surface area contributed by atoms with Crippen molar-refractivity contribution in [2.45, 2.75) is 37.4 Å². The first kappa shape index (κ1) is 11.2. The van der Waals surface area contributed by atoms with E-state index in [4.69, 9.17) is 5.73 Å². The van der Waals surface area contributed by atoms with Crippen LogP contribution < -0.4 is 5.73 Å². The summed E-state index contributed by atoms with van der Waals surface area (Å²) in [7, 11) is 0. The van der Waals surface area contributed by atoms with Gasteiger partial charge in [0.1, 0.15) is 5.54 Å². The predicted molar refractivity (Wildman–Crippen MR) is 51.4 cm³/mol. The van der Waals surface area contributed by atoms with Gasteiger partial charge in [0.15, 0.2) is 0 Å². The lowest BCUT2D eigenvalue weighted by Crippen LogP contribution is -2.51. The summed E-state index contributed by atoms with van der Waals surface area (Å²) in [6.45, 7) is 1.72. The van der Waals surface area contributed by atoms with Crippen LogP contribution in [0.2, 0.25) is 0 Å². The van der Waals surface area contributed by atoms with Crippen LogP contribution in [-0.4, -0.2) is 36.2 Å². The minimum Gasteiger partial charge on any atom is -0.330 e. The molecule has 0 aromatic carbocycles. The minimum absolute atomic E-state index is 0.282. The highest BCUT2D eigenvalue weighted by Crippen LogP contribution is 2.54. The van der Waals surface area contributed by atoms with Gasteiger partial charge >= 0.3 is 6.18 Å². The van der Waals surface area contributed by atoms with Crippen LogP contribution in [0.15, 0.2) is 0 Å². The van der Waals surface area contributed by atoms with Gasteiger partial charge in [0.05, 0.1) is 0 Å². The number of piperidine rings is 1. The lowest BCUT2D eigenvalue weighted by atomic mass is 9.95. The van der Waals surface area contributed by atoms with Crippen LogP contribution in [0.4, 0.5) is 13.2 Å². The Bertz CT molecular complexity index is 227. The summed E-state index contributed by atoms with van der Waals surface area (Å²) >= 11 is 0. The van der Waals surface area contributed by atoms with Gasteiger partial charge in [-0.3, -0.25) is 4.90 Å². The molecule has 0 radical (unpaired) electrons. The first-order chi connectivity index (χ1) is 6.99. The molecule has 1 aliphatic carbocycles. The maximum atomic E-state index is 12.8. The van der Waals surface area contributed by atoms with Crippen LogP contribution in [0.1, 0.15) is 25.7 Å². The number of nitrogens with zero attached hydrogens (tertiary/aromatic N) is 1. The lowest BCUT2D eigenvalue weighted by molar-refractivity contribution is -0.199. The Hall–Kier alpha value is -0.290. The monoisotopic (exact) mass is 222 g/mol. The van der Waals surface area contributed by atoms with Crippen LogP contribution in [0, 0.1) is 5.92 Å². The SMILES string of the molecule is NCC1CCN(C2(C(F)(F)F)CC2)CC1. The second-order valence-corrected chi connectivity index (χ2v) is 4.70. The van der Waals surface area contributed by atoms with Crippen molar-refractivity contribution in [2.75, 3.05) is 19.6 Å². The van der Waals surface area contributed by atoms with Crippen molar-refractivity contribution in [2.24, 2.45) is 11.7 Å². The maximum absolute atomic E-state index is 12.8. The van der Waals surface area contributed by atoms with Gasteiger partial charge in [-0.15, -0.1) is 0 Å². The highest BCUT2D eigenvalue weighted by molar-refractivity contribution is 5.10. The van der Waals surface area contributed by atoms with E-state index in [0.29, 0.717) is 25.6 Å². The Labute approximate surface area is 87.6 Å². The third kappa shape index (κ3) is 1.87. The van der Waals surface area contributed by atoms with Crippen molar-refractivity contribution in [3.8, 4) is 0 Å². The molecule has 0 bridgehead atoms. The Morgan fingerprint density at radius 2 is 1.73 bits per heavy atom. The van der Waals surface area contributed by atoms with Crippen LogP contribution in [0.3, 0.4) is 0 Å². The highest BCUT2D eigenvalue weighted by Gasteiger charge is 2.66. The quantitative estimate of drug-likeness (QED) is 0.771. The third-order valence-electron chi connectivity index (χ3n) is 3.80. The highest BCUT2D eigenvalue weighted by atomic mass is 19.4. The molecule has 0 aromatic rings. The van der Waals surface area contributed by atoms with E-state index in [2.05, 4.69) is 0 Å². The fourth-order valence-electron chi connectivity index (χ4n) is 2.49. The molecular weight excluding hydrogens is 205 g/mol. The van der Waals surface area contributed by atoms with Gasteiger partial charge in [0, 0.05) is 0 Å². The molecule has 1 heterocycles. The van der Waals surface area contributed by atoms with Gasteiger partial charge in [-0.2, -0.15) is 13.2 Å². The summed E-state index contributed by atoms with van der Waals surface area (Å²) in [6, 6.07) is 0. The van der Waals surface area contributed by atoms with Crippen molar-refractivity contribution in [1.82, 2.24) is 4.90 Å². The number of hydrogen-bond acceptors (Lipinski definition) is 2. The molecule has 5 heteroatoms. The molecule has 15 heavy (non-hydrogen) atoms. The second kappa shape index (κ2) is 3.63. The summed E-state index contributed by atoms with van der Waals surface area (Å²) in [6.07, 6.45) is -1.86. The summed E-state index contributed by atoms with van der Waals surface area (Å²) in [5.41, 5.74) is 4.05. The zero-order chi connectivity index (χ0) is 11.1. The lowest BCUT2D eigenvalue weighted by Gasteiger charge is -2.38. The zero-order valence-electron chi connectivity index (χ0n) is 8.69. The van der Waals surface area contributed by atoms with Crippen molar-refractivity contribution in [3.05, 3.63) is 0 Å². The fourth-order valence-corrected chi connectivity index (χ4v) is 2.49. The Balaban J connectivity index is 1.96. The van der Waals surface area contributed by atoms with Gasteiger partial charge in [-0.05, 0) is 51.2 Å². The van der Waals surface area contributed by atoms with E-state index >= 15 is 0 Å². The molecule has 2 fully saturated rings. The van der Waals surface area contributed by atoms with E-state index in [-0.39, 0.29) is 12.8 Å². The first-order valence-corrected chi connectivity index (χ1v) is 5.51. The van der Waals surface area contributed by atoms with Crippen molar-refractivity contribution < 1.29 is 13.2 Å². The third-order valence-corrected chi connectivity index (χ3v) is 3.80. The summed E-state index contributed by atoms with van der Waals surface area (Å²) in [5.74, 6) is 0.422. The Morgan fingerprint density at radius 1 is 1.20 bits per heavy atom. The number of hydrogen-bond donors (Lipinski definition) is 1. The summed E-state index contributed by atoms with van der Waals surface area (Å²) in [4.78, 5) is 1.62. The molecule has 0 amide bonds. The summed E-state index contributed by atoms with van der Waals surface area (Å²) < 4.78 is 38.4. The van der Waals surface area contributed by atoms with E-state index < -0.39 is 11.7 Å². The zero-order valence-corrected chi connectivity index (χ0v) is 8.69. The van der Waals surface area contributed by atoms with Crippen LogP contribution >= 0.6 is 0 Å². The smallest absolute Gasteiger partial charge is 0.330 e. The number of likely N-dealkylation sites (tertiary alicyclic amines) is 1. The minimum atomic E-state index is -4.05. The number of rotatable bonds is 2. The molecular formula is C10H17F3N2. The molecule has 1 saturated heterocycles. The predicted octanol–water partition coefficient (Wildman–Crippen LogP) is 1.75. The second-order valence-electron chi connectivity index (χ2n) is 4.70. The number of nitrogens with two attached hydrogens (primary N) is 1. The maximum Gasteiger partial charge on any atom is 0.406 e. The first-order valence-electron chi connectivity index (χ1n) is 5.51. The average Bonchev–Trinajstić information content (AvgIpc) is 2.98. The molecule has 2 N–H and O–H groups in total. The molecule has 88 valence electrons. The molecule has 0 spiro atoms. The van der Waals surface area contributed by atoms with Gasteiger partial charge in [0.2, 0.25) is 0 Å². The standard InChI is InChI=1S/C10H17F3N2/c11-10(12,13)9(3-4-9)15-5-1-8(7-14)2-6-15/h8H,1-7,14H2. The Morgan fingerprint density at radius 3 is 2.07 bits per heavy atom. The van der Waals surface area contributed by atoms with E-state index in [1.54, 1.807) is 4.90 Å². The molecule has 0 atom stereocenters. The number of halogens is 3. The van der Waals surface area contributed by atoms with Crippen LogP contribution in [0.25, 0.3) is 0 Å². The largest absolute Gasteiger partial charge is 0.406 e. The van der Waals surface area contributed by atoms with Crippen LogP contribution in [-0.2, 0) is 0 Å². The molecule has 2 nitrogen and oxygen atoms in total. The van der Waals surface area contributed by atoms with Gasteiger partial charge < -0.3 is 5.73 Å². The molecule has 1 saturated carbocycles. The number of alkyl halides is 3. The topological polar surface area (TPSA) is 29.3 Å². The van der Waals surface area contributed by atoms with E-state index in [0.717, 1.165) is 12.8 Å². The normalized spacial score (nSPS) is 28.0. The fraction of sp³-hybridized carbons (Fsp3) is 1.00. The van der Waals surface area contributed by atoms with Crippen molar-refractivity contribution in [1.29, 1.82) is 0 Å². The van der Waals surface area contributed by atoms with E-state index in [9.17, 15) is 13.2 Å². The molecule has 0 aromatic heterocycles. The van der Waals surface area contributed by atoms with E-state index in [1.807, 2.05) is 0 Å². The molecule has 2 aliphatic rings. The van der Waals surface area contributed by atoms with Crippen molar-refractivity contribution >= 4 is 0 Å². The van der Waals surface area contributed by atoms with Gasteiger partial charge in [-0.1, -0.05) is 0 Å². The van der Waals surface area contributed by atoms with Crippen LogP contribution in [0.5, 0.6) is 0 Å². The molecule has 1 aliphatic heterocycles. The molecule has 2 rings (SSSR count). The van der Waals surface area contributed by atoms with Gasteiger partial charge in [-0.25, -0.2) is 0 Å². The molecule has 0 unspecified atom stereocenters.